The summed E-state index contributed by atoms with van der Waals surface area (Å²) >= 11 is 5.88. The van der Waals surface area contributed by atoms with Gasteiger partial charge in [-0.05, 0) is 49.2 Å². The first-order valence-corrected chi connectivity index (χ1v) is 10.8. The van der Waals surface area contributed by atoms with Crippen molar-refractivity contribution in [3.05, 3.63) is 58.6 Å². The average Bonchev–Trinajstić information content (AvgIpc) is 2.71. The van der Waals surface area contributed by atoms with E-state index in [1.165, 1.54) is 18.2 Å². The predicted molar refractivity (Wildman–Crippen MR) is 106 cm³/mol. The van der Waals surface area contributed by atoms with Gasteiger partial charge in [-0.1, -0.05) is 11.6 Å². The van der Waals surface area contributed by atoms with E-state index in [4.69, 9.17) is 17.3 Å². The van der Waals surface area contributed by atoms with Gasteiger partial charge in [0.05, 0.1) is 10.6 Å². The third-order valence-corrected chi connectivity index (χ3v) is 7.08. The van der Waals surface area contributed by atoms with E-state index >= 15 is 0 Å². The van der Waals surface area contributed by atoms with E-state index in [9.17, 15) is 26.8 Å². The van der Waals surface area contributed by atoms with Crippen molar-refractivity contribution < 1.29 is 26.8 Å². The molecule has 30 heavy (non-hydrogen) atoms. The Morgan fingerprint density at radius 3 is 2.40 bits per heavy atom. The summed E-state index contributed by atoms with van der Waals surface area (Å²) in [5.41, 5.74) is 5.62. The van der Waals surface area contributed by atoms with Crippen molar-refractivity contribution in [1.82, 2.24) is 4.31 Å². The van der Waals surface area contributed by atoms with Gasteiger partial charge in [0.15, 0.2) is 0 Å². The molecule has 0 aromatic heterocycles. The number of nitrogens with one attached hydrogen (secondary N) is 1. The van der Waals surface area contributed by atoms with Gasteiger partial charge >= 0.3 is 0 Å². The lowest BCUT2D eigenvalue weighted by molar-refractivity contribution is -0.120. The molecule has 2 aromatic rings. The van der Waals surface area contributed by atoms with Crippen molar-refractivity contribution in [3.63, 3.8) is 0 Å². The largest absolute Gasteiger partial charge is 0.366 e. The number of hydrogen-bond donors (Lipinski definition) is 2. The van der Waals surface area contributed by atoms with Gasteiger partial charge in [0.25, 0.3) is 0 Å². The zero-order valence-corrected chi connectivity index (χ0v) is 17.1. The van der Waals surface area contributed by atoms with E-state index in [1.54, 1.807) is 0 Å². The lowest BCUT2D eigenvalue weighted by atomic mass is 9.97. The van der Waals surface area contributed by atoms with Gasteiger partial charge in [-0.25, -0.2) is 17.2 Å². The molecular formula is C19H18ClF2N3O4S. The quantitative estimate of drug-likeness (QED) is 0.719. The standard InChI is InChI=1S/C19H18ClF2N3O4S/c20-15-3-2-13(10-14(15)18(23)26)24-19(27)11-5-7-25(8-6-11)30(28,29)17-9-12(21)1-4-16(17)22/h1-4,9-11H,5-8H2,(H2,23,26)(H,24,27). The van der Waals surface area contributed by atoms with Gasteiger partial charge in [0.2, 0.25) is 21.8 Å². The fraction of sp³-hybridized carbons (Fsp3) is 0.263. The number of anilines is 1. The molecule has 1 heterocycles. The highest BCUT2D eigenvalue weighted by molar-refractivity contribution is 7.89. The lowest BCUT2D eigenvalue weighted by Gasteiger charge is -2.30. The van der Waals surface area contributed by atoms with Gasteiger partial charge in [0.1, 0.15) is 16.5 Å². The van der Waals surface area contributed by atoms with E-state index in [0.717, 1.165) is 16.4 Å². The van der Waals surface area contributed by atoms with Crippen LogP contribution < -0.4 is 11.1 Å². The lowest BCUT2D eigenvalue weighted by Crippen LogP contribution is -2.41. The van der Waals surface area contributed by atoms with Crippen LogP contribution in [-0.4, -0.2) is 37.6 Å². The third-order valence-electron chi connectivity index (χ3n) is 4.84. The minimum atomic E-state index is -4.22. The first kappa shape index (κ1) is 22.1. The number of rotatable bonds is 5. The van der Waals surface area contributed by atoms with Crippen LogP contribution in [0, 0.1) is 17.6 Å². The van der Waals surface area contributed by atoms with Crippen molar-refractivity contribution in [2.24, 2.45) is 11.7 Å². The summed E-state index contributed by atoms with van der Waals surface area (Å²) in [6.45, 7) is -0.0486. The second-order valence-corrected chi connectivity index (χ2v) is 9.11. The summed E-state index contributed by atoms with van der Waals surface area (Å²) in [6, 6.07) is 6.54. The number of piperidine rings is 1. The number of halogens is 3. The second-order valence-electron chi connectivity index (χ2n) is 6.80. The van der Waals surface area contributed by atoms with Crippen LogP contribution in [-0.2, 0) is 14.8 Å². The smallest absolute Gasteiger partial charge is 0.250 e. The van der Waals surface area contributed by atoms with Crippen LogP contribution in [0.1, 0.15) is 23.2 Å². The van der Waals surface area contributed by atoms with Crippen molar-refractivity contribution in [2.75, 3.05) is 18.4 Å². The number of benzene rings is 2. The van der Waals surface area contributed by atoms with E-state index in [2.05, 4.69) is 5.32 Å². The molecule has 0 aliphatic carbocycles. The minimum Gasteiger partial charge on any atom is -0.366 e. The van der Waals surface area contributed by atoms with Crippen LogP contribution in [0.5, 0.6) is 0 Å². The summed E-state index contributed by atoms with van der Waals surface area (Å²) in [7, 11) is -4.22. The fourth-order valence-corrected chi connectivity index (χ4v) is 4.96. The van der Waals surface area contributed by atoms with E-state index in [1.807, 2.05) is 0 Å². The SMILES string of the molecule is NC(=O)c1cc(NC(=O)C2CCN(S(=O)(=O)c3cc(F)ccc3F)CC2)ccc1Cl. The molecule has 2 aromatic carbocycles. The highest BCUT2D eigenvalue weighted by Crippen LogP contribution is 2.27. The van der Waals surface area contributed by atoms with E-state index in [-0.39, 0.29) is 42.4 Å². The Bertz CT molecular complexity index is 1100. The average molecular weight is 458 g/mol. The molecule has 1 fully saturated rings. The summed E-state index contributed by atoms with van der Waals surface area (Å²) in [4.78, 5) is 23.2. The molecule has 0 saturated carbocycles. The number of nitrogens with zero attached hydrogens (tertiary/aromatic N) is 1. The molecule has 0 spiro atoms. The first-order chi connectivity index (χ1) is 14.1. The molecule has 11 heteroatoms. The van der Waals surface area contributed by atoms with Crippen LogP contribution >= 0.6 is 11.6 Å². The maximum absolute atomic E-state index is 13.9. The van der Waals surface area contributed by atoms with E-state index < -0.39 is 38.4 Å². The van der Waals surface area contributed by atoms with Crippen LogP contribution in [0.25, 0.3) is 0 Å². The Labute approximate surface area is 176 Å². The van der Waals surface area contributed by atoms with Crippen LogP contribution in [0.15, 0.2) is 41.3 Å². The molecule has 0 bridgehead atoms. The second kappa shape index (κ2) is 8.66. The Morgan fingerprint density at radius 2 is 1.77 bits per heavy atom. The van der Waals surface area contributed by atoms with Crippen molar-refractivity contribution >= 4 is 39.1 Å². The zero-order valence-electron chi connectivity index (χ0n) is 15.6. The van der Waals surface area contributed by atoms with Crippen molar-refractivity contribution in [3.8, 4) is 0 Å². The molecule has 3 rings (SSSR count). The summed E-state index contributed by atoms with van der Waals surface area (Å²) in [5.74, 6) is -3.49. The predicted octanol–water partition coefficient (Wildman–Crippen LogP) is 2.76. The number of hydrogen-bond acceptors (Lipinski definition) is 4. The maximum atomic E-state index is 13.9. The number of carbonyl (C=O) groups is 2. The van der Waals surface area contributed by atoms with Crippen LogP contribution in [0.3, 0.4) is 0 Å². The van der Waals surface area contributed by atoms with Gasteiger partial charge in [-0.15, -0.1) is 0 Å². The first-order valence-electron chi connectivity index (χ1n) is 8.95. The number of nitrogens with two attached hydrogens (primary N) is 1. The Morgan fingerprint density at radius 1 is 1.10 bits per heavy atom. The summed E-state index contributed by atoms with van der Waals surface area (Å²) in [5, 5.41) is 2.81. The minimum absolute atomic E-state index is 0.0243. The van der Waals surface area contributed by atoms with Crippen LogP contribution in [0.4, 0.5) is 14.5 Å². The molecule has 1 aliphatic heterocycles. The number of primary amides is 1. The fourth-order valence-electron chi connectivity index (χ4n) is 3.21. The Kier molecular flexibility index (Phi) is 6.39. The third kappa shape index (κ3) is 4.61. The molecule has 7 nitrogen and oxygen atoms in total. The van der Waals surface area contributed by atoms with Gasteiger partial charge in [0, 0.05) is 24.7 Å². The van der Waals surface area contributed by atoms with Gasteiger partial charge in [-0.2, -0.15) is 4.31 Å². The maximum Gasteiger partial charge on any atom is 0.250 e. The number of sulfonamides is 1. The molecule has 1 saturated heterocycles. The molecule has 0 unspecified atom stereocenters. The number of amides is 2. The molecule has 1 aliphatic rings. The monoisotopic (exact) mass is 457 g/mol. The molecule has 160 valence electrons. The topological polar surface area (TPSA) is 110 Å². The van der Waals surface area contributed by atoms with Gasteiger partial charge in [-0.3, -0.25) is 9.59 Å². The number of carbonyl (C=O) groups excluding carboxylic acids is 2. The zero-order chi connectivity index (χ0) is 22.1. The Hall–Kier alpha value is -2.56. The summed E-state index contributed by atoms with van der Waals surface area (Å²) in [6.07, 6.45) is 0.385. The van der Waals surface area contributed by atoms with Crippen LogP contribution in [0.2, 0.25) is 5.02 Å². The molecular weight excluding hydrogens is 440 g/mol. The molecule has 0 atom stereocenters. The molecule has 2 amide bonds. The normalized spacial score (nSPS) is 15.7. The highest BCUT2D eigenvalue weighted by atomic mass is 35.5. The molecule has 0 radical (unpaired) electrons. The highest BCUT2D eigenvalue weighted by Gasteiger charge is 2.33. The van der Waals surface area contributed by atoms with E-state index in [0.29, 0.717) is 11.8 Å². The summed E-state index contributed by atoms with van der Waals surface area (Å²) < 4.78 is 53.6. The van der Waals surface area contributed by atoms with Crippen molar-refractivity contribution in [2.45, 2.75) is 17.7 Å². The molecule has 3 N–H and O–H groups in total. The van der Waals surface area contributed by atoms with Gasteiger partial charge < -0.3 is 11.1 Å². The Balaban J connectivity index is 1.67. The van der Waals surface area contributed by atoms with Crippen molar-refractivity contribution in [1.29, 1.82) is 0 Å².